The van der Waals surface area contributed by atoms with Crippen molar-refractivity contribution in [2.75, 3.05) is 38.3 Å². The van der Waals surface area contributed by atoms with E-state index in [1.54, 1.807) is 23.7 Å². The molecule has 0 fully saturated rings. The molecule has 2 heterocycles. The Balaban J connectivity index is 1.96. The number of benzene rings is 1. The highest BCUT2D eigenvalue weighted by atomic mass is 35.5. The first kappa shape index (κ1) is 23.3. The Morgan fingerprint density at radius 3 is 2.58 bits per heavy atom. The first-order chi connectivity index (χ1) is 14.8. The number of imidazole rings is 1. The van der Waals surface area contributed by atoms with Gasteiger partial charge in [0.25, 0.3) is 11.9 Å². The van der Waals surface area contributed by atoms with Crippen LogP contribution in [-0.2, 0) is 11.3 Å². The van der Waals surface area contributed by atoms with Crippen molar-refractivity contribution in [2.45, 2.75) is 39.3 Å². The van der Waals surface area contributed by atoms with Gasteiger partial charge in [-0.1, -0.05) is 23.7 Å². The molecule has 1 aromatic carbocycles. The minimum Gasteiger partial charge on any atom is -0.462 e. The smallest absolute Gasteiger partial charge is 0.299 e. The second-order valence-electron chi connectivity index (χ2n) is 7.58. The number of anilines is 1. The number of fused-ring (bicyclic) bond motifs is 1. The number of carbonyl (C=O) groups is 1. The second-order valence-corrected chi connectivity index (χ2v) is 8.02. The molecule has 31 heavy (non-hydrogen) atoms. The lowest BCUT2D eigenvalue weighted by Gasteiger charge is -2.38. The van der Waals surface area contributed by atoms with Crippen LogP contribution in [0.5, 0.6) is 6.01 Å². The van der Waals surface area contributed by atoms with Gasteiger partial charge < -0.3 is 24.6 Å². The van der Waals surface area contributed by atoms with Gasteiger partial charge in [-0.05, 0) is 38.0 Å². The summed E-state index contributed by atoms with van der Waals surface area (Å²) in [6, 6.07) is 7.57. The fraction of sp³-hybridized carbons (Fsp3) is 0.524. The Labute approximate surface area is 186 Å². The monoisotopic (exact) mass is 452 g/mol. The summed E-state index contributed by atoms with van der Waals surface area (Å²) in [6.07, 6.45) is -0.746. The predicted molar refractivity (Wildman–Crippen MR) is 117 cm³/mol. The molecule has 1 atom stereocenters. The van der Waals surface area contributed by atoms with Gasteiger partial charge in [-0.25, -0.2) is 0 Å². The fourth-order valence-electron chi connectivity index (χ4n) is 3.34. The molecule has 170 valence electrons. The number of rotatable bonds is 10. The highest BCUT2D eigenvalue weighted by Crippen LogP contribution is 2.33. The van der Waals surface area contributed by atoms with Gasteiger partial charge in [0.05, 0.1) is 19.3 Å². The molecule has 2 N–H and O–H groups in total. The van der Waals surface area contributed by atoms with E-state index in [0.29, 0.717) is 36.1 Å². The normalized spacial score (nSPS) is 16.2. The molecule has 1 amide bonds. The molecule has 0 radical (unpaired) electrons. The van der Waals surface area contributed by atoms with Crippen molar-refractivity contribution in [1.82, 2.24) is 14.5 Å². The number of aromatic nitrogens is 2. The average molecular weight is 453 g/mol. The van der Waals surface area contributed by atoms with Crippen molar-refractivity contribution in [1.29, 1.82) is 0 Å². The first-order valence-corrected chi connectivity index (χ1v) is 10.6. The van der Waals surface area contributed by atoms with Crippen LogP contribution >= 0.6 is 11.6 Å². The maximum atomic E-state index is 13.3. The van der Waals surface area contributed by atoms with Gasteiger partial charge in [0.1, 0.15) is 6.61 Å². The van der Waals surface area contributed by atoms with Crippen molar-refractivity contribution in [3.63, 3.8) is 0 Å². The average Bonchev–Trinajstić information content (AvgIpc) is 3.09. The highest BCUT2D eigenvalue weighted by molar-refractivity contribution is 6.30. The van der Waals surface area contributed by atoms with Gasteiger partial charge in [-0.3, -0.25) is 14.3 Å². The van der Waals surface area contributed by atoms with Crippen LogP contribution in [0, 0.1) is 0 Å². The van der Waals surface area contributed by atoms with Crippen molar-refractivity contribution < 1.29 is 24.5 Å². The molecule has 3 rings (SSSR count). The van der Waals surface area contributed by atoms with E-state index in [-0.39, 0.29) is 37.8 Å². The molecular formula is C21H29ClN4O5. The van der Waals surface area contributed by atoms with Gasteiger partial charge in [0, 0.05) is 25.2 Å². The number of amides is 1. The Kier molecular flexibility index (Phi) is 7.77. The van der Waals surface area contributed by atoms with E-state index in [1.807, 2.05) is 26.0 Å². The molecule has 0 saturated carbocycles. The summed E-state index contributed by atoms with van der Waals surface area (Å²) < 4.78 is 13.1. The van der Waals surface area contributed by atoms with Crippen LogP contribution in [0.1, 0.15) is 36.3 Å². The summed E-state index contributed by atoms with van der Waals surface area (Å²) in [6.45, 7) is 5.00. The zero-order valence-corrected chi connectivity index (χ0v) is 18.7. The van der Waals surface area contributed by atoms with Gasteiger partial charge in [0.2, 0.25) is 6.35 Å². The molecule has 1 unspecified atom stereocenters. The molecule has 9 nitrogen and oxygen atoms in total. The van der Waals surface area contributed by atoms with E-state index >= 15 is 0 Å². The van der Waals surface area contributed by atoms with E-state index in [1.165, 1.54) is 9.80 Å². The molecule has 1 aromatic heterocycles. The van der Waals surface area contributed by atoms with Crippen LogP contribution < -0.4 is 9.64 Å². The van der Waals surface area contributed by atoms with E-state index in [0.717, 1.165) is 5.56 Å². The van der Waals surface area contributed by atoms with Gasteiger partial charge in [-0.15, -0.1) is 0 Å². The summed E-state index contributed by atoms with van der Waals surface area (Å²) in [5.74, 6) is -0.0321. The second kappa shape index (κ2) is 10.3. The molecule has 1 aliphatic rings. The predicted octanol–water partition coefficient (Wildman–Crippen LogP) is 1.94. The maximum absolute atomic E-state index is 13.3. The molecule has 1 aliphatic heterocycles. The third kappa shape index (κ3) is 5.30. The van der Waals surface area contributed by atoms with E-state index in [2.05, 4.69) is 4.98 Å². The Morgan fingerprint density at radius 1 is 1.23 bits per heavy atom. The van der Waals surface area contributed by atoms with Gasteiger partial charge in [-0.2, -0.15) is 4.98 Å². The lowest BCUT2D eigenvalue weighted by molar-refractivity contribution is 0.00111. The molecule has 0 bridgehead atoms. The van der Waals surface area contributed by atoms with Crippen molar-refractivity contribution in [3.8, 4) is 6.01 Å². The third-order valence-electron chi connectivity index (χ3n) is 4.91. The van der Waals surface area contributed by atoms with Crippen molar-refractivity contribution >= 4 is 23.3 Å². The van der Waals surface area contributed by atoms with E-state index in [4.69, 9.17) is 21.1 Å². The minimum absolute atomic E-state index is 0.0774. The van der Waals surface area contributed by atoms with Gasteiger partial charge in [0.15, 0.2) is 11.5 Å². The SMILES string of the molecule is CC(C)OCCOc1nc2c(n1Cc1ccc(Cl)cc1)C(=O)N(CCCO)C(O)N2C. The van der Waals surface area contributed by atoms with Crippen LogP contribution in [0.3, 0.4) is 0 Å². The van der Waals surface area contributed by atoms with Crippen molar-refractivity contribution in [3.05, 3.63) is 40.5 Å². The number of halogens is 1. The topological polar surface area (TPSA) is 100 Å². The number of ether oxygens (including phenoxy) is 2. The third-order valence-corrected chi connectivity index (χ3v) is 5.17. The van der Waals surface area contributed by atoms with Crippen LogP contribution in [0.15, 0.2) is 24.3 Å². The summed E-state index contributed by atoms with van der Waals surface area (Å²) in [7, 11) is 1.66. The lowest BCUT2D eigenvalue weighted by atomic mass is 10.2. The Morgan fingerprint density at radius 2 is 1.94 bits per heavy atom. The molecule has 0 saturated heterocycles. The lowest BCUT2D eigenvalue weighted by Crippen LogP contribution is -2.54. The molecular weight excluding hydrogens is 424 g/mol. The number of hydrogen-bond acceptors (Lipinski definition) is 7. The first-order valence-electron chi connectivity index (χ1n) is 10.3. The zero-order valence-electron chi connectivity index (χ0n) is 18.0. The number of aliphatic hydroxyl groups is 2. The maximum Gasteiger partial charge on any atom is 0.299 e. The quantitative estimate of drug-likeness (QED) is 0.531. The van der Waals surface area contributed by atoms with Crippen LogP contribution in [0.4, 0.5) is 5.82 Å². The number of aliphatic hydroxyl groups excluding tert-OH is 2. The number of nitrogens with zero attached hydrogens (tertiary/aromatic N) is 4. The van der Waals surface area contributed by atoms with E-state index < -0.39 is 6.35 Å². The Bertz CT molecular complexity index is 887. The standard InChI is InChI=1S/C21H29ClN4O5/c1-14(2)30-11-12-31-20-23-18-17(26(20)13-15-5-7-16(22)8-6-15)19(28)25(9-4-10-27)21(29)24(18)3/h5-8,14,21,27,29H,4,9-13H2,1-3H3. The van der Waals surface area contributed by atoms with Crippen LogP contribution in [-0.4, -0.2) is 76.4 Å². The Hall–Kier alpha value is -2.33. The van der Waals surface area contributed by atoms with Crippen LogP contribution in [0.2, 0.25) is 5.02 Å². The summed E-state index contributed by atoms with van der Waals surface area (Å²) in [5, 5.41) is 20.4. The number of hydrogen-bond donors (Lipinski definition) is 2. The molecule has 2 aromatic rings. The van der Waals surface area contributed by atoms with Crippen molar-refractivity contribution in [2.24, 2.45) is 0 Å². The summed E-state index contributed by atoms with van der Waals surface area (Å²) in [5.41, 5.74) is 1.23. The van der Waals surface area contributed by atoms with E-state index in [9.17, 15) is 15.0 Å². The fourth-order valence-corrected chi connectivity index (χ4v) is 3.47. The molecule has 0 aliphatic carbocycles. The molecule has 0 spiro atoms. The minimum atomic E-state index is -1.18. The number of carbonyl (C=O) groups excluding carboxylic acids is 1. The van der Waals surface area contributed by atoms with Gasteiger partial charge >= 0.3 is 0 Å². The zero-order chi connectivity index (χ0) is 22.5. The van der Waals surface area contributed by atoms with Crippen LogP contribution in [0.25, 0.3) is 0 Å². The summed E-state index contributed by atoms with van der Waals surface area (Å²) in [4.78, 5) is 20.6. The summed E-state index contributed by atoms with van der Waals surface area (Å²) >= 11 is 6.00. The molecule has 10 heteroatoms. The highest BCUT2D eigenvalue weighted by Gasteiger charge is 2.40. The largest absolute Gasteiger partial charge is 0.462 e.